The maximum Gasteiger partial charge on any atom is 0.252 e. The third-order valence-corrected chi connectivity index (χ3v) is 24.2. The molecule has 0 radical (unpaired) electrons. The minimum Gasteiger partial charge on any atom is -0.310 e. The van der Waals surface area contributed by atoms with Crippen molar-refractivity contribution >= 4 is 101 Å². The smallest absolute Gasteiger partial charge is 0.252 e. The number of aromatic nitrogens is 2. The number of rotatable bonds is 12. The molecule has 2 aromatic heterocycles. The van der Waals surface area contributed by atoms with Gasteiger partial charge in [-0.05, 0) is 214 Å². The van der Waals surface area contributed by atoms with Crippen molar-refractivity contribution in [2.45, 2.75) is 52.4 Å². The second-order valence-corrected chi connectivity index (χ2v) is 33.2. The second kappa shape index (κ2) is 27.4. The molecule has 4 nitrogen and oxygen atoms in total. The van der Waals surface area contributed by atoms with Crippen molar-refractivity contribution in [3.63, 3.8) is 0 Å². The van der Waals surface area contributed by atoms with Crippen LogP contribution in [0, 0.1) is 0 Å². The fourth-order valence-electron chi connectivity index (χ4n) is 18.5. The molecule has 546 valence electrons. The van der Waals surface area contributed by atoms with Gasteiger partial charge in [-0.2, -0.15) is 0 Å². The largest absolute Gasteiger partial charge is 0.310 e. The number of para-hydroxylation sites is 4. The van der Waals surface area contributed by atoms with Gasteiger partial charge in [0.2, 0.25) is 0 Å². The maximum absolute atomic E-state index is 2.71. The van der Waals surface area contributed by atoms with Crippen LogP contribution in [-0.2, 0) is 10.8 Å². The first kappa shape index (κ1) is 69.0. The van der Waals surface area contributed by atoms with Gasteiger partial charge >= 0.3 is 0 Å². The Balaban J connectivity index is 0.891. The van der Waals surface area contributed by atoms with Crippen molar-refractivity contribution in [1.29, 1.82) is 0 Å². The lowest BCUT2D eigenvalue weighted by molar-refractivity contribution is 0.590. The molecule has 0 atom stereocenters. The number of anilines is 6. The van der Waals surface area contributed by atoms with Crippen LogP contribution >= 0.6 is 0 Å². The van der Waals surface area contributed by atoms with Crippen LogP contribution in [0.1, 0.15) is 52.7 Å². The van der Waals surface area contributed by atoms with Crippen LogP contribution in [0.4, 0.5) is 34.1 Å². The van der Waals surface area contributed by atoms with E-state index in [0.717, 1.165) is 134 Å². The molecule has 2 aliphatic heterocycles. The number of benzene rings is 17. The summed E-state index contributed by atoms with van der Waals surface area (Å²) in [5.74, 6) is 0. The molecule has 0 saturated heterocycles. The second-order valence-electron chi connectivity index (χ2n) is 33.2. The number of nitrogens with zero attached hydrogens (tertiary/aromatic N) is 4. The van der Waals surface area contributed by atoms with E-state index in [-0.39, 0.29) is 17.5 Å². The Bertz CT molecular complexity index is 6530. The predicted octanol–water partition coefficient (Wildman–Crippen LogP) is 27.9. The molecule has 17 aromatic carbocycles. The molecule has 4 heterocycles. The summed E-state index contributed by atoms with van der Waals surface area (Å²) in [6, 6.07) is 149. The van der Waals surface area contributed by atoms with Crippen LogP contribution in [0.25, 0.3) is 144 Å². The van der Waals surface area contributed by atoms with E-state index in [1.165, 1.54) is 71.3 Å². The van der Waals surface area contributed by atoms with Gasteiger partial charge < -0.3 is 18.9 Å². The summed E-state index contributed by atoms with van der Waals surface area (Å²) in [4.78, 5) is 5.42. The third kappa shape index (κ3) is 11.7. The van der Waals surface area contributed by atoms with Gasteiger partial charge in [0.25, 0.3) is 6.71 Å². The average Bonchev–Trinajstić information content (AvgIpc) is 0.937. The van der Waals surface area contributed by atoms with E-state index in [2.05, 4.69) is 455 Å². The highest BCUT2D eigenvalue weighted by atomic mass is 15.2. The van der Waals surface area contributed by atoms with E-state index >= 15 is 0 Å². The Morgan fingerprint density at radius 1 is 0.209 bits per heavy atom. The zero-order chi connectivity index (χ0) is 77.2. The zero-order valence-corrected chi connectivity index (χ0v) is 65.4. The minimum atomic E-state index is -0.265. The van der Waals surface area contributed by atoms with Crippen LogP contribution in [0.5, 0.6) is 0 Å². The van der Waals surface area contributed by atoms with Gasteiger partial charge in [0.1, 0.15) is 0 Å². The first-order valence-electron chi connectivity index (χ1n) is 40.3. The van der Waals surface area contributed by atoms with Gasteiger partial charge in [-0.3, -0.25) is 0 Å². The molecular weight excluding hydrogens is 1390 g/mol. The highest BCUT2D eigenvalue weighted by Crippen LogP contribution is 2.56. The van der Waals surface area contributed by atoms with Crippen molar-refractivity contribution < 1.29 is 0 Å². The van der Waals surface area contributed by atoms with Crippen molar-refractivity contribution in [2.24, 2.45) is 0 Å². The van der Waals surface area contributed by atoms with Gasteiger partial charge in [0.05, 0.1) is 33.4 Å². The molecule has 0 saturated carbocycles. The average molecular weight is 1470 g/mol. The lowest BCUT2D eigenvalue weighted by atomic mass is 9.33. The van der Waals surface area contributed by atoms with E-state index in [4.69, 9.17) is 0 Å². The van der Waals surface area contributed by atoms with E-state index in [1.54, 1.807) is 0 Å². The summed E-state index contributed by atoms with van der Waals surface area (Å²) >= 11 is 0. The van der Waals surface area contributed by atoms with Crippen molar-refractivity contribution in [3.8, 4) is 100 Å². The summed E-state index contributed by atoms with van der Waals surface area (Å²) in [5, 5.41) is 4.88. The molecule has 115 heavy (non-hydrogen) atoms. The number of fused-ring (bicyclic) bond motifs is 10. The Morgan fingerprint density at radius 2 is 0.470 bits per heavy atom. The summed E-state index contributed by atoms with van der Waals surface area (Å²) in [7, 11) is 0. The summed E-state index contributed by atoms with van der Waals surface area (Å²) in [5.41, 5.74) is 37.6. The van der Waals surface area contributed by atoms with Crippen LogP contribution in [0.2, 0.25) is 0 Å². The van der Waals surface area contributed by atoms with Gasteiger partial charge in [-0.15, -0.1) is 0 Å². The summed E-state index contributed by atoms with van der Waals surface area (Å²) in [6.45, 7) is 13.9. The molecule has 0 spiro atoms. The van der Waals surface area contributed by atoms with E-state index in [0.29, 0.717) is 0 Å². The first-order valence-corrected chi connectivity index (χ1v) is 40.3. The molecule has 0 fully saturated rings. The Morgan fingerprint density at radius 3 is 0.800 bits per heavy atom. The molecule has 21 rings (SSSR count). The molecule has 0 aliphatic carbocycles. The standard InChI is InChI=1S/C110H83BN4/c1-109(2,3)84-66-92(74-36-15-9-16-37-74)107(94(68-84)82-46-29-44-80(64-82)78-42-27-40-76(62-78)72-32-11-7-12-33-72)114-102-56-31-57-103-106(102)111(96-60-58-86(70-104(96)114)112-98-52-23-19-48-88(98)89-49-20-24-53-99(89)112)97-61-59-87(113-100-54-25-21-50-90(100)91-51-22-26-55-101(91)113)71-105(97)115(103)108-93(75-38-17-10-18-39-75)67-85(110(4,5)6)69-95(108)83-47-30-45-81(65-83)79-43-28-41-77(63-79)73-34-13-8-14-35-73/h7-71H,1-6H3. The van der Waals surface area contributed by atoms with Crippen LogP contribution < -0.4 is 26.2 Å². The van der Waals surface area contributed by atoms with Crippen molar-refractivity contribution in [1.82, 2.24) is 9.13 Å². The SMILES string of the molecule is CC(C)(C)c1cc(-c2ccccc2)c(N2c3cc(-n4c5ccccc5c5ccccc54)ccc3B3c4ccc(-n5c6ccccc6c6ccccc65)cc4N(c4c(-c5ccccc5)cc(C(C)(C)C)cc4-c4cccc(-c5cccc(-c6ccccc6)c5)c4)c4cccc2c43)c(-c2cccc(-c3cccc(-c4ccccc4)c3)c2)c1. The van der Waals surface area contributed by atoms with E-state index in [1.807, 2.05) is 0 Å². The zero-order valence-electron chi connectivity index (χ0n) is 65.4. The number of hydrogen-bond acceptors (Lipinski definition) is 2. The van der Waals surface area contributed by atoms with Gasteiger partial charge in [-0.1, -0.05) is 327 Å². The molecule has 0 unspecified atom stereocenters. The van der Waals surface area contributed by atoms with Crippen LogP contribution in [0.15, 0.2) is 394 Å². The monoisotopic (exact) mass is 1470 g/mol. The van der Waals surface area contributed by atoms with Gasteiger partial charge in [0.15, 0.2) is 0 Å². The van der Waals surface area contributed by atoms with Crippen molar-refractivity contribution in [2.75, 3.05) is 9.80 Å². The van der Waals surface area contributed by atoms with Crippen LogP contribution in [-0.4, -0.2) is 15.8 Å². The number of hydrogen-bond donors (Lipinski definition) is 0. The molecular formula is C110H83BN4. The molecule has 0 N–H and O–H groups in total. The van der Waals surface area contributed by atoms with Crippen LogP contribution in [0.3, 0.4) is 0 Å². The normalized spacial score (nSPS) is 12.6. The lowest BCUT2D eigenvalue weighted by Gasteiger charge is -2.46. The third-order valence-electron chi connectivity index (χ3n) is 24.2. The molecule has 19 aromatic rings. The first-order chi connectivity index (χ1) is 56.3. The Labute approximate surface area is 673 Å². The maximum atomic E-state index is 2.71. The highest BCUT2D eigenvalue weighted by Gasteiger charge is 2.46. The summed E-state index contributed by atoms with van der Waals surface area (Å²) < 4.78 is 5.00. The fraction of sp³-hybridized carbons (Fsp3) is 0.0727. The Kier molecular flexibility index (Phi) is 16.5. The highest BCUT2D eigenvalue weighted by molar-refractivity contribution is 7.00. The minimum absolute atomic E-state index is 0.246. The topological polar surface area (TPSA) is 16.3 Å². The summed E-state index contributed by atoms with van der Waals surface area (Å²) in [6.07, 6.45) is 0. The molecule has 0 bridgehead atoms. The lowest BCUT2D eigenvalue weighted by Crippen LogP contribution is -2.61. The fourth-order valence-corrected chi connectivity index (χ4v) is 18.5. The van der Waals surface area contributed by atoms with Gasteiger partial charge in [-0.25, -0.2) is 0 Å². The van der Waals surface area contributed by atoms with E-state index < -0.39 is 0 Å². The van der Waals surface area contributed by atoms with Crippen molar-refractivity contribution in [3.05, 3.63) is 405 Å². The Hall–Kier alpha value is -14.0. The predicted molar refractivity (Wildman–Crippen MR) is 490 cm³/mol. The molecule has 0 amide bonds. The quantitative estimate of drug-likeness (QED) is 0.113. The molecule has 2 aliphatic rings. The van der Waals surface area contributed by atoms with E-state index in [9.17, 15) is 0 Å². The molecule has 5 heteroatoms. The van der Waals surface area contributed by atoms with Gasteiger partial charge in [0, 0.05) is 77.9 Å².